The molecule has 0 radical (unpaired) electrons. The van der Waals surface area contributed by atoms with Crippen LogP contribution in [0, 0.1) is 24.1 Å². The summed E-state index contributed by atoms with van der Waals surface area (Å²) in [7, 11) is 0. The molecule has 1 saturated carbocycles. The van der Waals surface area contributed by atoms with E-state index in [9.17, 15) is 23.2 Å². The first kappa shape index (κ1) is 46.9. The Balaban J connectivity index is 0.000000190. The number of aliphatic imine (C=N–C) groups is 1. The first-order valence-electron chi connectivity index (χ1n) is 21.1. The van der Waals surface area contributed by atoms with Crippen LogP contribution in [0.3, 0.4) is 0 Å². The van der Waals surface area contributed by atoms with Crippen molar-refractivity contribution < 1.29 is 36.7 Å². The molecule has 1 aliphatic carbocycles. The van der Waals surface area contributed by atoms with Crippen LogP contribution in [0.25, 0.3) is 27.1 Å². The lowest BCUT2D eigenvalue weighted by molar-refractivity contribution is -0.120. The number of benzene rings is 4. The molecule has 336 valence electrons. The van der Waals surface area contributed by atoms with Gasteiger partial charge in [0.2, 0.25) is 11.8 Å². The molecule has 6 aromatic rings. The van der Waals surface area contributed by atoms with E-state index < -0.39 is 18.0 Å². The number of carbonyl (C=O) groups excluding carboxylic acids is 3. The lowest BCUT2D eigenvalue weighted by atomic mass is 9.93. The molecule has 6 N–H and O–H groups in total. The number of nitrogens with one attached hydrogen (secondary N) is 2. The number of anilines is 1. The second kappa shape index (κ2) is 22.7. The molecule has 1 aliphatic heterocycles. The van der Waals surface area contributed by atoms with E-state index >= 15 is 0 Å². The van der Waals surface area contributed by atoms with Gasteiger partial charge in [-0.1, -0.05) is 60.7 Å². The van der Waals surface area contributed by atoms with Gasteiger partial charge in [-0.25, -0.2) is 18.4 Å². The van der Waals surface area contributed by atoms with Gasteiger partial charge in [0, 0.05) is 37.1 Å². The summed E-state index contributed by atoms with van der Waals surface area (Å²) in [4.78, 5) is 43.1. The number of amides is 3. The maximum Gasteiger partial charge on any atom is 0.414 e. The van der Waals surface area contributed by atoms with E-state index in [-0.39, 0.29) is 30.7 Å². The molecule has 3 atom stereocenters. The van der Waals surface area contributed by atoms with E-state index in [1.807, 2.05) is 60.7 Å². The Kier molecular flexibility index (Phi) is 16.4. The minimum atomic E-state index is -0.575. The van der Waals surface area contributed by atoms with Crippen molar-refractivity contribution in [1.29, 1.82) is 0 Å². The van der Waals surface area contributed by atoms with Gasteiger partial charge in [-0.2, -0.15) is 0 Å². The predicted molar refractivity (Wildman–Crippen MR) is 245 cm³/mol. The standard InChI is InChI=1S/C26H28FN3O2.C19H16FN3O3.C5H7NO/c1-17(31)29-15-18-4-5-21(13-18)22-10-11-24(25(27)14-22)19-6-8-20(9-7-19)26(28)30-16-23-3-2-12-32-23;1-12(24)22-10-16-11-23(19(25)26-16)15-7-8-17(18(20)9-15)13-3-5-14(21-2)6-4-13;6-4-5-2-1-3-7-5/h2-3,6-12,14,18,21H,4-5,13,15-16H2,1H3,(H2,28,30)(H,29,31);3-9,16H,10-11H2,1H3,(H,22,24);1-3H,4,6H2/t18-,21?;16-;/m10./s1. The highest BCUT2D eigenvalue weighted by molar-refractivity contribution is 5.97. The summed E-state index contributed by atoms with van der Waals surface area (Å²) < 4.78 is 44.8. The molecule has 2 fully saturated rings. The number of halogens is 2. The fourth-order valence-corrected chi connectivity index (χ4v) is 7.49. The lowest BCUT2D eigenvalue weighted by Gasteiger charge is -2.14. The molecule has 8 rings (SSSR count). The number of carbonyl (C=O) groups is 3. The number of nitrogens with zero attached hydrogens (tertiary/aromatic N) is 3. The normalized spacial score (nSPS) is 16.6. The molecule has 0 bridgehead atoms. The van der Waals surface area contributed by atoms with E-state index in [0.29, 0.717) is 65.4 Å². The first-order chi connectivity index (χ1) is 31.4. The quantitative estimate of drug-likeness (QED) is 0.0533. The average Bonchev–Trinajstić information content (AvgIpc) is 4.17. The zero-order valence-corrected chi connectivity index (χ0v) is 36.1. The number of nitrogens with two attached hydrogens (primary N) is 2. The topological polar surface area (TPSA) is 183 Å². The van der Waals surface area contributed by atoms with Gasteiger partial charge < -0.3 is 35.7 Å². The van der Waals surface area contributed by atoms with Crippen LogP contribution in [-0.2, 0) is 27.4 Å². The van der Waals surface area contributed by atoms with E-state index in [4.69, 9.17) is 31.6 Å². The van der Waals surface area contributed by atoms with Crippen molar-refractivity contribution >= 4 is 35.1 Å². The number of amidine groups is 1. The second-order valence-corrected chi connectivity index (χ2v) is 15.6. The molecule has 3 amide bonds. The van der Waals surface area contributed by atoms with Gasteiger partial charge in [0.05, 0.1) is 51.0 Å². The number of cyclic esters (lactones) is 1. The molecule has 1 unspecified atom stereocenters. The molecule has 2 aliphatic rings. The highest BCUT2D eigenvalue weighted by atomic mass is 19.1. The summed E-state index contributed by atoms with van der Waals surface area (Å²) in [5.74, 6) is 1.88. The molecule has 65 heavy (non-hydrogen) atoms. The van der Waals surface area contributed by atoms with Gasteiger partial charge in [0.25, 0.3) is 0 Å². The third-order valence-electron chi connectivity index (χ3n) is 10.9. The number of hydrogen-bond donors (Lipinski definition) is 4. The summed E-state index contributed by atoms with van der Waals surface area (Å²) >= 11 is 0. The molecule has 15 heteroatoms. The van der Waals surface area contributed by atoms with Crippen LogP contribution in [0.5, 0.6) is 0 Å². The molecule has 1 saturated heterocycles. The summed E-state index contributed by atoms with van der Waals surface area (Å²) in [6.07, 6.45) is 5.22. The fourth-order valence-electron chi connectivity index (χ4n) is 7.49. The zero-order chi connectivity index (χ0) is 46.3. The highest BCUT2D eigenvalue weighted by Crippen LogP contribution is 2.39. The van der Waals surface area contributed by atoms with Gasteiger partial charge in [-0.15, -0.1) is 0 Å². The average molecular weight is 884 g/mol. The Bertz CT molecular complexity index is 2590. The number of hydrogen-bond acceptors (Lipinski definition) is 8. The maximum absolute atomic E-state index is 15.0. The van der Waals surface area contributed by atoms with E-state index in [1.54, 1.807) is 55.0 Å². The summed E-state index contributed by atoms with van der Waals surface area (Å²) in [6, 6.07) is 31.4. The predicted octanol–water partition coefficient (Wildman–Crippen LogP) is 9.25. The van der Waals surface area contributed by atoms with Crippen LogP contribution in [0.1, 0.15) is 61.7 Å². The fraction of sp³-hybridized carbons (Fsp3) is 0.260. The molecule has 3 heterocycles. The van der Waals surface area contributed by atoms with E-state index in [1.165, 1.54) is 24.8 Å². The molecule has 13 nitrogen and oxygen atoms in total. The van der Waals surface area contributed by atoms with Crippen LogP contribution in [0.4, 0.5) is 25.0 Å². The Labute approximate surface area is 376 Å². The lowest BCUT2D eigenvalue weighted by Crippen LogP contribution is -2.33. The van der Waals surface area contributed by atoms with Crippen LogP contribution in [0.15, 0.2) is 136 Å². The largest absolute Gasteiger partial charge is 0.468 e. The van der Waals surface area contributed by atoms with E-state index in [2.05, 4.69) is 20.5 Å². The van der Waals surface area contributed by atoms with Gasteiger partial charge >= 0.3 is 6.09 Å². The van der Waals surface area contributed by atoms with Crippen molar-refractivity contribution in [2.45, 2.75) is 58.2 Å². The van der Waals surface area contributed by atoms with Crippen molar-refractivity contribution in [3.8, 4) is 22.3 Å². The van der Waals surface area contributed by atoms with Crippen molar-refractivity contribution in [1.82, 2.24) is 10.6 Å². The number of furan rings is 2. The smallest absolute Gasteiger partial charge is 0.414 e. The summed E-state index contributed by atoms with van der Waals surface area (Å²) in [5.41, 5.74) is 16.4. The number of rotatable bonds is 12. The third-order valence-corrected chi connectivity index (χ3v) is 10.9. The van der Waals surface area contributed by atoms with Crippen LogP contribution in [0.2, 0.25) is 0 Å². The van der Waals surface area contributed by atoms with Crippen LogP contribution in [-0.4, -0.2) is 49.5 Å². The Hall–Kier alpha value is -7.57. The monoisotopic (exact) mass is 883 g/mol. The van der Waals surface area contributed by atoms with E-state index in [0.717, 1.165) is 47.5 Å². The minimum absolute atomic E-state index is 0.000386. The van der Waals surface area contributed by atoms with Crippen molar-refractivity contribution in [3.63, 3.8) is 0 Å². The molecule has 0 spiro atoms. The molecule has 2 aromatic heterocycles. The van der Waals surface area contributed by atoms with Gasteiger partial charge in [-0.05, 0) is 96.3 Å². The summed E-state index contributed by atoms with van der Waals surface area (Å²) in [5, 5.41) is 5.49. The van der Waals surface area contributed by atoms with Crippen molar-refractivity contribution in [3.05, 3.63) is 167 Å². The Morgan fingerprint density at radius 2 is 1.43 bits per heavy atom. The first-order valence-corrected chi connectivity index (χ1v) is 21.1. The second-order valence-electron chi connectivity index (χ2n) is 15.6. The molecule has 4 aromatic carbocycles. The third kappa shape index (κ3) is 13.2. The Morgan fingerprint density at radius 3 is 2.00 bits per heavy atom. The van der Waals surface area contributed by atoms with Crippen LogP contribution >= 0.6 is 0 Å². The van der Waals surface area contributed by atoms with Gasteiger partial charge in [0.1, 0.15) is 35.1 Å². The number of ether oxygens (including phenoxy) is 1. The minimum Gasteiger partial charge on any atom is -0.468 e. The molecular formula is C50H51F2N7O6. The highest BCUT2D eigenvalue weighted by Gasteiger charge is 2.33. The van der Waals surface area contributed by atoms with Crippen LogP contribution < -0.4 is 27.0 Å². The molecular weight excluding hydrogens is 833 g/mol. The SMILES string of the molecule is CC(=O)NC[C@@H]1CCC(c2ccc(-c3ccc(C(N)=NCc4ccco4)cc3)c(F)c2)C1.NCc1ccco1.[C-]#[N+]c1ccc(-c2ccc(N3C[C@H](CNC(C)=O)OC3=O)cc2F)cc1. The van der Waals surface area contributed by atoms with Gasteiger partial charge in [0.15, 0.2) is 5.69 Å². The Morgan fingerprint density at radius 1 is 0.815 bits per heavy atom. The van der Waals surface area contributed by atoms with Crippen molar-refractivity contribution in [2.24, 2.45) is 22.4 Å². The summed E-state index contributed by atoms with van der Waals surface area (Å²) in [6.45, 7) is 11.9. The maximum atomic E-state index is 15.0. The van der Waals surface area contributed by atoms with Crippen molar-refractivity contribution in [2.75, 3.05) is 24.5 Å². The van der Waals surface area contributed by atoms with Gasteiger partial charge in [-0.3, -0.25) is 19.5 Å². The zero-order valence-electron chi connectivity index (χ0n) is 36.1.